The van der Waals surface area contributed by atoms with Crippen LogP contribution in [0.25, 0.3) is 0 Å². The van der Waals surface area contributed by atoms with Crippen molar-refractivity contribution in [3.8, 4) is 5.75 Å². The van der Waals surface area contributed by atoms with Crippen molar-refractivity contribution < 1.29 is 9.13 Å². The Morgan fingerprint density at radius 3 is 2.67 bits per heavy atom. The van der Waals surface area contributed by atoms with Crippen LogP contribution in [0.4, 0.5) is 15.8 Å². The fourth-order valence-corrected chi connectivity index (χ4v) is 1.66. The molecule has 0 saturated carbocycles. The molecule has 102 valence electrons. The van der Waals surface area contributed by atoms with Crippen LogP contribution in [-0.4, -0.2) is 12.6 Å². The maximum atomic E-state index is 13.6. The summed E-state index contributed by atoms with van der Waals surface area (Å²) in [7, 11) is 0. The first-order chi connectivity index (χ1) is 8.54. The Kier molecular flexibility index (Phi) is 5.75. The second kappa shape index (κ2) is 7.09. The molecule has 0 atom stereocenters. The molecule has 0 radical (unpaired) electrons. The van der Waals surface area contributed by atoms with Gasteiger partial charge in [0.25, 0.3) is 0 Å². The monoisotopic (exact) mass is 254 g/mol. The van der Waals surface area contributed by atoms with Crippen molar-refractivity contribution in [3.05, 3.63) is 17.9 Å². The Balaban J connectivity index is 2.71. The number of hydrogen-bond donors (Lipinski definition) is 2. The van der Waals surface area contributed by atoms with Gasteiger partial charge in [-0.3, -0.25) is 0 Å². The van der Waals surface area contributed by atoms with Crippen molar-refractivity contribution in [2.24, 2.45) is 0 Å². The molecule has 0 spiro atoms. The lowest BCUT2D eigenvalue weighted by Crippen LogP contribution is -2.09. The number of anilines is 2. The van der Waals surface area contributed by atoms with Crippen molar-refractivity contribution in [2.75, 3.05) is 17.6 Å². The first kappa shape index (κ1) is 14.6. The third kappa shape index (κ3) is 4.43. The van der Waals surface area contributed by atoms with E-state index >= 15 is 0 Å². The van der Waals surface area contributed by atoms with Crippen LogP contribution in [0.15, 0.2) is 12.1 Å². The standard InChI is InChI=1S/C14H23FN2O/c1-4-5-6-7-17-13-9-14(18-10(2)3)11(15)8-12(13)16/h8-10,17H,4-7,16H2,1-3H3. The van der Waals surface area contributed by atoms with Gasteiger partial charge in [-0.05, 0) is 20.3 Å². The highest BCUT2D eigenvalue weighted by Crippen LogP contribution is 2.28. The summed E-state index contributed by atoms with van der Waals surface area (Å²) in [6.07, 6.45) is 3.36. The summed E-state index contributed by atoms with van der Waals surface area (Å²) in [5.41, 5.74) is 6.93. The molecule has 18 heavy (non-hydrogen) atoms. The van der Waals surface area contributed by atoms with E-state index in [-0.39, 0.29) is 11.9 Å². The largest absolute Gasteiger partial charge is 0.488 e. The molecule has 0 heterocycles. The van der Waals surface area contributed by atoms with Crippen molar-refractivity contribution in [2.45, 2.75) is 46.1 Å². The average Bonchev–Trinajstić information content (AvgIpc) is 2.29. The average molecular weight is 254 g/mol. The van der Waals surface area contributed by atoms with Gasteiger partial charge >= 0.3 is 0 Å². The fourth-order valence-electron chi connectivity index (χ4n) is 1.66. The number of unbranched alkanes of at least 4 members (excludes halogenated alkanes) is 2. The quantitative estimate of drug-likeness (QED) is 0.574. The first-order valence-electron chi connectivity index (χ1n) is 6.54. The molecule has 0 aliphatic rings. The zero-order valence-electron chi connectivity index (χ0n) is 11.4. The second-order valence-electron chi connectivity index (χ2n) is 4.67. The molecule has 0 bridgehead atoms. The predicted octanol–water partition coefficient (Wildman–Crippen LogP) is 3.80. The van der Waals surface area contributed by atoms with E-state index < -0.39 is 5.82 Å². The molecule has 3 nitrogen and oxygen atoms in total. The minimum absolute atomic E-state index is 0.0592. The van der Waals surface area contributed by atoms with Crippen LogP contribution >= 0.6 is 0 Å². The van der Waals surface area contributed by atoms with E-state index in [9.17, 15) is 4.39 Å². The molecule has 1 rings (SSSR count). The van der Waals surface area contributed by atoms with Gasteiger partial charge in [0, 0.05) is 18.7 Å². The van der Waals surface area contributed by atoms with Crippen molar-refractivity contribution in [3.63, 3.8) is 0 Å². The summed E-state index contributed by atoms with van der Waals surface area (Å²) in [5, 5.41) is 3.22. The molecule has 0 saturated heterocycles. The van der Waals surface area contributed by atoms with Gasteiger partial charge in [0.2, 0.25) is 0 Å². The smallest absolute Gasteiger partial charge is 0.167 e. The van der Waals surface area contributed by atoms with Gasteiger partial charge in [0.05, 0.1) is 17.5 Å². The lowest BCUT2D eigenvalue weighted by Gasteiger charge is -2.15. The van der Waals surface area contributed by atoms with Crippen molar-refractivity contribution in [1.82, 2.24) is 0 Å². The van der Waals surface area contributed by atoms with Gasteiger partial charge in [-0.1, -0.05) is 19.8 Å². The molecule has 0 aromatic heterocycles. The van der Waals surface area contributed by atoms with Crippen LogP contribution in [0.2, 0.25) is 0 Å². The lowest BCUT2D eigenvalue weighted by atomic mass is 10.2. The van der Waals surface area contributed by atoms with Crippen molar-refractivity contribution in [1.29, 1.82) is 0 Å². The van der Waals surface area contributed by atoms with Crippen LogP contribution in [0.3, 0.4) is 0 Å². The third-order valence-corrected chi connectivity index (χ3v) is 2.56. The number of ether oxygens (including phenoxy) is 1. The van der Waals surface area contributed by atoms with E-state index in [2.05, 4.69) is 12.2 Å². The Morgan fingerprint density at radius 2 is 2.06 bits per heavy atom. The highest BCUT2D eigenvalue weighted by atomic mass is 19.1. The summed E-state index contributed by atoms with van der Waals surface area (Å²) >= 11 is 0. The molecule has 0 fully saturated rings. The molecular weight excluding hydrogens is 231 g/mol. The van der Waals surface area contributed by atoms with E-state index in [0.29, 0.717) is 5.69 Å². The number of nitrogens with one attached hydrogen (secondary N) is 1. The Bertz CT molecular complexity index is 380. The molecular formula is C14H23FN2O. The topological polar surface area (TPSA) is 47.3 Å². The van der Waals surface area contributed by atoms with Gasteiger partial charge in [-0.25, -0.2) is 4.39 Å². The van der Waals surface area contributed by atoms with Gasteiger partial charge in [0.1, 0.15) is 0 Å². The highest BCUT2D eigenvalue weighted by molar-refractivity contribution is 5.68. The van der Waals surface area contributed by atoms with Crippen LogP contribution in [0.5, 0.6) is 5.75 Å². The van der Waals surface area contributed by atoms with Crippen molar-refractivity contribution >= 4 is 11.4 Å². The normalized spacial score (nSPS) is 10.7. The fraction of sp³-hybridized carbons (Fsp3) is 0.571. The lowest BCUT2D eigenvalue weighted by molar-refractivity contribution is 0.231. The van der Waals surface area contributed by atoms with E-state index in [1.807, 2.05) is 13.8 Å². The van der Waals surface area contributed by atoms with Gasteiger partial charge in [-0.15, -0.1) is 0 Å². The van der Waals surface area contributed by atoms with E-state index in [1.165, 1.54) is 18.9 Å². The molecule has 0 aliphatic carbocycles. The molecule has 1 aromatic carbocycles. The van der Waals surface area contributed by atoms with Crippen LogP contribution in [-0.2, 0) is 0 Å². The molecule has 4 heteroatoms. The van der Waals surface area contributed by atoms with Gasteiger partial charge in [-0.2, -0.15) is 0 Å². The first-order valence-corrected chi connectivity index (χ1v) is 6.54. The number of rotatable bonds is 7. The molecule has 0 unspecified atom stereocenters. The van der Waals surface area contributed by atoms with E-state index in [0.717, 1.165) is 18.7 Å². The number of hydrogen-bond acceptors (Lipinski definition) is 3. The molecule has 1 aromatic rings. The SMILES string of the molecule is CCCCCNc1cc(OC(C)C)c(F)cc1N. The van der Waals surface area contributed by atoms with Gasteiger partial charge in [0.15, 0.2) is 11.6 Å². The zero-order chi connectivity index (χ0) is 13.5. The Morgan fingerprint density at radius 1 is 1.33 bits per heavy atom. The Labute approximate surface area is 109 Å². The van der Waals surface area contributed by atoms with Crippen LogP contribution < -0.4 is 15.8 Å². The number of halogens is 1. The summed E-state index contributed by atoms with van der Waals surface area (Å²) in [4.78, 5) is 0. The summed E-state index contributed by atoms with van der Waals surface area (Å²) in [5.74, 6) is -0.169. The number of benzene rings is 1. The molecule has 0 aliphatic heterocycles. The van der Waals surface area contributed by atoms with E-state index in [4.69, 9.17) is 10.5 Å². The minimum atomic E-state index is -0.416. The van der Waals surface area contributed by atoms with E-state index in [1.54, 1.807) is 6.07 Å². The summed E-state index contributed by atoms with van der Waals surface area (Å²) in [6.45, 7) is 6.72. The Hall–Kier alpha value is -1.45. The summed E-state index contributed by atoms with van der Waals surface area (Å²) in [6, 6.07) is 2.94. The zero-order valence-corrected chi connectivity index (χ0v) is 11.4. The summed E-state index contributed by atoms with van der Waals surface area (Å²) < 4.78 is 19.0. The van der Waals surface area contributed by atoms with Crippen LogP contribution in [0, 0.1) is 5.82 Å². The second-order valence-corrected chi connectivity index (χ2v) is 4.67. The maximum Gasteiger partial charge on any atom is 0.167 e. The number of nitrogens with two attached hydrogens (primary N) is 1. The predicted molar refractivity (Wildman–Crippen MR) is 74.6 cm³/mol. The number of nitrogen functional groups attached to an aromatic ring is 1. The van der Waals surface area contributed by atoms with Gasteiger partial charge < -0.3 is 15.8 Å². The maximum absolute atomic E-state index is 13.6. The highest BCUT2D eigenvalue weighted by Gasteiger charge is 2.10. The molecule has 3 N–H and O–H groups in total. The third-order valence-electron chi connectivity index (χ3n) is 2.56. The minimum Gasteiger partial charge on any atom is -0.488 e. The molecule has 0 amide bonds. The van der Waals surface area contributed by atoms with Crippen LogP contribution in [0.1, 0.15) is 40.0 Å².